The fourth-order valence-electron chi connectivity index (χ4n) is 0.620. The van der Waals surface area contributed by atoms with E-state index in [1.54, 1.807) is 0 Å². The summed E-state index contributed by atoms with van der Waals surface area (Å²) >= 11 is 0. The quantitative estimate of drug-likeness (QED) is 0.425. The van der Waals surface area contributed by atoms with E-state index in [2.05, 4.69) is 0 Å². The summed E-state index contributed by atoms with van der Waals surface area (Å²) in [5.41, 5.74) is 0. The van der Waals surface area contributed by atoms with Crippen molar-refractivity contribution in [1.82, 2.24) is 0 Å². The van der Waals surface area contributed by atoms with E-state index in [1.165, 1.54) is 21.3 Å². The van der Waals surface area contributed by atoms with Gasteiger partial charge in [-0.1, -0.05) is 0 Å². The van der Waals surface area contributed by atoms with Crippen molar-refractivity contribution in [2.24, 2.45) is 0 Å². The van der Waals surface area contributed by atoms with Crippen LogP contribution in [0.4, 0.5) is 0 Å². The van der Waals surface area contributed by atoms with Crippen LogP contribution in [0.1, 0.15) is 0 Å². The minimum atomic E-state index is -0.448. The molecule has 0 spiro atoms. The summed E-state index contributed by atoms with van der Waals surface area (Å²) in [5.74, 6) is 0. The number of aliphatic hydroxyl groups excluding tert-OH is 1. The van der Waals surface area contributed by atoms with Gasteiger partial charge in [-0.05, 0) is 0 Å². The molecular weight excluding hydrogens is 138 g/mol. The van der Waals surface area contributed by atoms with Crippen molar-refractivity contribution in [2.75, 3.05) is 34.5 Å². The van der Waals surface area contributed by atoms with E-state index in [-0.39, 0.29) is 13.2 Å². The largest absolute Gasteiger partial charge is 0.390 e. The Hall–Kier alpha value is -0.200. The third-order valence-electron chi connectivity index (χ3n) is 1.21. The van der Waals surface area contributed by atoms with Gasteiger partial charge in [0.15, 0.2) is 0 Å². The zero-order valence-corrected chi connectivity index (χ0v) is 6.53. The second-order valence-electron chi connectivity index (χ2n) is 1.61. The monoisotopic (exact) mass is 152 g/mol. The molecule has 62 valence electrons. The Morgan fingerprint density at radius 2 is 1.50 bits per heavy atom. The first kappa shape index (κ1) is 9.80. The molecule has 0 aliphatic heterocycles. The molecule has 0 unspecified atom stereocenters. The molecule has 0 aliphatic carbocycles. The molecule has 0 saturated carbocycles. The smallest absolute Gasteiger partial charge is 0.201 e. The predicted octanol–water partition coefficient (Wildman–Crippen LogP) is -0.520. The van der Waals surface area contributed by atoms with E-state index in [4.69, 9.17) is 19.6 Å². The van der Waals surface area contributed by atoms with Crippen LogP contribution in [-0.2, 0) is 14.5 Å². The lowest BCUT2D eigenvalue weighted by Crippen LogP contribution is -2.46. The molecule has 0 aromatic carbocycles. The van der Waals surface area contributed by atoms with Crippen LogP contribution in [-0.4, -0.2) is 44.6 Å². The Bertz CT molecular complexity index is 75.5. The van der Waals surface area contributed by atoms with Gasteiger partial charge in [-0.2, -0.15) is 0 Å². The molecule has 0 rings (SSSR count). The van der Waals surface area contributed by atoms with E-state index in [0.29, 0.717) is 0 Å². The highest BCUT2D eigenvalue weighted by Gasteiger charge is 2.29. The molecule has 0 atom stereocenters. The highest BCUT2D eigenvalue weighted by atomic mass is 17.2. The maximum absolute atomic E-state index is 8.54. The molecular formula is C5H14NO4+. The first-order valence-corrected chi connectivity index (χ1v) is 2.90. The van der Waals surface area contributed by atoms with Gasteiger partial charge in [0.05, 0.1) is 4.97 Å². The maximum Gasteiger partial charge on any atom is 0.201 e. The highest BCUT2D eigenvalue weighted by molar-refractivity contribution is 4.11. The molecule has 10 heavy (non-hydrogen) atoms. The summed E-state index contributed by atoms with van der Waals surface area (Å²) in [6.07, 6.45) is 0. The molecule has 5 heteroatoms. The van der Waals surface area contributed by atoms with Crippen LogP contribution in [0.2, 0.25) is 0 Å². The van der Waals surface area contributed by atoms with E-state index < -0.39 is 4.97 Å². The third-order valence-corrected chi connectivity index (χ3v) is 1.21. The number of quaternary nitrogens is 1. The normalized spacial score (nSPS) is 12.0. The van der Waals surface area contributed by atoms with Crippen LogP contribution in [0.15, 0.2) is 0 Å². The van der Waals surface area contributed by atoms with Crippen molar-refractivity contribution in [1.29, 1.82) is 0 Å². The van der Waals surface area contributed by atoms with Crippen molar-refractivity contribution >= 4 is 0 Å². The van der Waals surface area contributed by atoms with Crippen molar-refractivity contribution in [3.8, 4) is 0 Å². The molecule has 0 bridgehead atoms. The van der Waals surface area contributed by atoms with Crippen LogP contribution in [0.25, 0.3) is 0 Å². The van der Waals surface area contributed by atoms with Crippen LogP contribution in [0, 0.1) is 0 Å². The second-order valence-corrected chi connectivity index (χ2v) is 1.61. The van der Waals surface area contributed by atoms with Crippen molar-refractivity contribution in [2.45, 2.75) is 0 Å². The van der Waals surface area contributed by atoms with Crippen molar-refractivity contribution in [3.05, 3.63) is 0 Å². The Balaban J connectivity index is 3.87. The molecule has 1 N–H and O–H groups in total. The van der Waals surface area contributed by atoms with Gasteiger partial charge in [-0.15, -0.1) is 14.5 Å². The maximum atomic E-state index is 8.54. The average Bonchev–Trinajstić information content (AvgIpc) is 2.01. The Morgan fingerprint density at radius 1 is 1.10 bits per heavy atom. The van der Waals surface area contributed by atoms with E-state index in [9.17, 15) is 0 Å². The number of aliphatic hydroxyl groups is 1. The highest BCUT2D eigenvalue weighted by Crippen LogP contribution is 2.05. The zero-order valence-electron chi connectivity index (χ0n) is 6.53. The molecule has 0 radical (unpaired) electrons. The lowest BCUT2D eigenvalue weighted by atomic mass is 10.7. The Labute approximate surface area is 60.2 Å². The molecule has 0 aromatic heterocycles. The summed E-state index contributed by atoms with van der Waals surface area (Å²) in [5, 5.41) is 8.54. The number of hydroxylamine groups is 3. The summed E-state index contributed by atoms with van der Waals surface area (Å²) in [7, 11) is 4.30. The molecule has 0 fully saturated rings. The lowest BCUT2D eigenvalue weighted by Gasteiger charge is -2.23. The number of hydrogen-bond donors (Lipinski definition) is 1. The minimum Gasteiger partial charge on any atom is -0.390 e. The first-order valence-electron chi connectivity index (χ1n) is 2.90. The summed E-state index contributed by atoms with van der Waals surface area (Å²) in [4.78, 5) is 14.0. The molecule has 0 aromatic rings. The van der Waals surface area contributed by atoms with Crippen LogP contribution < -0.4 is 0 Å². The molecule has 0 amide bonds. The molecule has 0 aliphatic rings. The van der Waals surface area contributed by atoms with Crippen molar-refractivity contribution < 1.29 is 24.6 Å². The number of rotatable bonds is 5. The number of nitrogens with zero attached hydrogens (tertiary/aromatic N) is 1. The van der Waals surface area contributed by atoms with E-state index in [1.807, 2.05) is 0 Å². The van der Waals surface area contributed by atoms with E-state index in [0.717, 1.165) is 0 Å². The van der Waals surface area contributed by atoms with E-state index >= 15 is 0 Å². The molecule has 0 saturated heterocycles. The van der Waals surface area contributed by atoms with Gasteiger partial charge in [0.1, 0.15) is 27.9 Å². The second kappa shape index (κ2) is 4.59. The summed E-state index contributed by atoms with van der Waals surface area (Å²) < 4.78 is 0. The van der Waals surface area contributed by atoms with Gasteiger partial charge in [0.25, 0.3) is 0 Å². The minimum absolute atomic E-state index is 0.0600. The lowest BCUT2D eigenvalue weighted by molar-refractivity contribution is -1.36. The third kappa shape index (κ3) is 2.20. The van der Waals surface area contributed by atoms with Crippen LogP contribution >= 0.6 is 0 Å². The van der Waals surface area contributed by atoms with Crippen LogP contribution in [0.3, 0.4) is 0 Å². The van der Waals surface area contributed by atoms with Gasteiger partial charge < -0.3 is 5.11 Å². The summed E-state index contributed by atoms with van der Waals surface area (Å²) in [6, 6.07) is 0. The summed E-state index contributed by atoms with van der Waals surface area (Å²) in [6.45, 7) is 0.180. The van der Waals surface area contributed by atoms with Gasteiger partial charge in [0, 0.05) is 0 Å². The molecule has 0 heterocycles. The van der Waals surface area contributed by atoms with Crippen molar-refractivity contribution in [3.63, 3.8) is 0 Å². The topological polar surface area (TPSA) is 47.9 Å². The van der Waals surface area contributed by atoms with Gasteiger partial charge >= 0.3 is 0 Å². The zero-order chi connectivity index (χ0) is 8.04. The first-order chi connectivity index (χ1) is 4.74. The van der Waals surface area contributed by atoms with Gasteiger partial charge in [-0.25, -0.2) is 0 Å². The average molecular weight is 152 g/mol. The number of hydrogen-bond acceptors (Lipinski definition) is 4. The Kier molecular flexibility index (Phi) is 4.50. The fourth-order valence-corrected chi connectivity index (χ4v) is 0.620. The van der Waals surface area contributed by atoms with Gasteiger partial charge in [-0.3, -0.25) is 0 Å². The van der Waals surface area contributed by atoms with Gasteiger partial charge in [0.2, 0.25) is 6.54 Å². The molecule has 5 nitrogen and oxygen atoms in total. The predicted molar refractivity (Wildman–Crippen MR) is 33.2 cm³/mol. The SMILES string of the molecule is CO[N+](CCO)(OC)OC. The Morgan fingerprint density at radius 3 is 1.60 bits per heavy atom. The standard InChI is InChI=1S/C5H14NO4/c1-8-6(9-2,10-3)4-5-7/h7H,4-5H2,1-3H3/q+1. The fraction of sp³-hybridized carbons (Fsp3) is 1.00. The van der Waals surface area contributed by atoms with Crippen LogP contribution in [0.5, 0.6) is 0 Å².